The molecule has 0 radical (unpaired) electrons. The standard InChI is InChI=1S/C12H13NO2/c1-15-12(14)10-3-2-9-7-11(13)5-4-8(9)6-10/h4-7H,2-3,13H2,1H3. The molecule has 1 aromatic carbocycles. The van der Waals surface area contributed by atoms with Crippen LogP contribution in [0.15, 0.2) is 23.8 Å². The topological polar surface area (TPSA) is 52.3 Å². The maximum absolute atomic E-state index is 11.3. The van der Waals surface area contributed by atoms with Crippen molar-refractivity contribution < 1.29 is 9.53 Å². The molecular weight excluding hydrogens is 190 g/mol. The SMILES string of the molecule is COC(=O)C1=Cc2ccc(N)cc2CC1. The van der Waals surface area contributed by atoms with Gasteiger partial charge in [0.15, 0.2) is 0 Å². The summed E-state index contributed by atoms with van der Waals surface area (Å²) in [5, 5.41) is 0. The number of ether oxygens (including phenoxy) is 1. The Labute approximate surface area is 88.5 Å². The number of methoxy groups -OCH3 is 1. The van der Waals surface area contributed by atoms with Gasteiger partial charge >= 0.3 is 5.97 Å². The number of esters is 1. The number of fused-ring (bicyclic) bond motifs is 1. The smallest absolute Gasteiger partial charge is 0.333 e. The van der Waals surface area contributed by atoms with Gasteiger partial charge in [0, 0.05) is 11.3 Å². The Kier molecular flexibility index (Phi) is 2.46. The molecule has 0 saturated heterocycles. The van der Waals surface area contributed by atoms with E-state index in [1.54, 1.807) is 0 Å². The molecule has 0 heterocycles. The van der Waals surface area contributed by atoms with Gasteiger partial charge in [-0.3, -0.25) is 0 Å². The Morgan fingerprint density at radius 3 is 2.93 bits per heavy atom. The lowest BCUT2D eigenvalue weighted by molar-refractivity contribution is -0.136. The first-order valence-corrected chi connectivity index (χ1v) is 4.88. The molecule has 0 spiro atoms. The first kappa shape index (κ1) is 9.77. The van der Waals surface area contributed by atoms with E-state index in [1.807, 2.05) is 24.3 Å². The quantitative estimate of drug-likeness (QED) is 0.559. The number of anilines is 1. The molecule has 1 aromatic rings. The number of hydrogen-bond donors (Lipinski definition) is 1. The molecule has 0 unspecified atom stereocenters. The number of benzene rings is 1. The Balaban J connectivity index is 2.37. The number of hydrogen-bond acceptors (Lipinski definition) is 3. The van der Waals surface area contributed by atoms with Gasteiger partial charge in [0.1, 0.15) is 0 Å². The summed E-state index contributed by atoms with van der Waals surface area (Å²) < 4.78 is 4.70. The first-order valence-electron chi connectivity index (χ1n) is 4.88. The molecule has 2 N–H and O–H groups in total. The fourth-order valence-electron chi connectivity index (χ4n) is 1.80. The molecule has 3 nitrogen and oxygen atoms in total. The fraction of sp³-hybridized carbons (Fsp3) is 0.250. The van der Waals surface area contributed by atoms with Crippen LogP contribution in [0.5, 0.6) is 0 Å². The largest absolute Gasteiger partial charge is 0.466 e. The van der Waals surface area contributed by atoms with Gasteiger partial charge in [0.2, 0.25) is 0 Å². The van der Waals surface area contributed by atoms with E-state index in [2.05, 4.69) is 0 Å². The van der Waals surface area contributed by atoms with Gasteiger partial charge in [-0.05, 0) is 42.2 Å². The van der Waals surface area contributed by atoms with Crippen molar-refractivity contribution >= 4 is 17.7 Å². The summed E-state index contributed by atoms with van der Waals surface area (Å²) in [6, 6.07) is 5.74. The van der Waals surface area contributed by atoms with Gasteiger partial charge in [-0.15, -0.1) is 0 Å². The van der Waals surface area contributed by atoms with Gasteiger partial charge in [-0.1, -0.05) is 6.07 Å². The lowest BCUT2D eigenvalue weighted by Gasteiger charge is -2.15. The average molecular weight is 203 g/mol. The summed E-state index contributed by atoms with van der Waals surface area (Å²) in [6.45, 7) is 0. The van der Waals surface area contributed by atoms with E-state index in [4.69, 9.17) is 10.5 Å². The van der Waals surface area contributed by atoms with E-state index in [0.717, 1.165) is 29.7 Å². The molecule has 0 fully saturated rings. The zero-order valence-corrected chi connectivity index (χ0v) is 8.62. The van der Waals surface area contributed by atoms with Crippen LogP contribution >= 0.6 is 0 Å². The zero-order chi connectivity index (χ0) is 10.8. The summed E-state index contributed by atoms with van der Waals surface area (Å²) in [6.07, 6.45) is 3.45. The van der Waals surface area contributed by atoms with Crippen LogP contribution in [0.25, 0.3) is 6.08 Å². The van der Waals surface area contributed by atoms with Gasteiger partial charge in [-0.25, -0.2) is 4.79 Å². The first-order chi connectivity index (χ1) is 7.20. The third kappa shape index (κ3) is 1.86. The number of carbonyl (C=O) groups excluding carboxylic acids is 1. The van der Waals surface area contributed by atoms with Crippen molar-refractivity contribution in [1.29, 1.82) is 0 Å². The Morgan fingerprint density at radius 1 is 1.40 bits per heavy atom. The van der Waals surface area contributed by atoms with E-state index in [9.17, 15) is 4.79 Å². The van der Waals surface area contributed by atoms with E-state index in [-0.39, 0.29) is 5.97 Å². The molecule has 15 heavy (non-hydrogen) atoms. The normalized spacial score (nSPS) is 14.1. The minimum absolute atomic E-state index is 0.238. The van der Waals surface area contributed by atoms with Crippen molar-refractivity contribution in [2.75, 3.05) is 12.8 Å². The van der Waals surface area contributed by atoms with Crippen molar-refractivity contribution in [2.45, 2.75) is 12.8 Å². The third-order valence-electron chi connectivity index (χ3n) is 2.61. The predicted molar refractivity (Wildman–Crippen MR) is 59.2 cm³/mol. The second-order valence-electron chi connectivity index (χ2n) is 3.62. The Morgan fingerprint density at radius 2 is 2.20 bits per heavy atom. The Bertz CT molecular complexity index is 435. The highest BCUT2D eigenvalue weighted by molar-refractivity contribution is 5.94. The zero-order valence-electron chi connectivity index (χ0n) is 8.62. The molecule has 3 heteroatoms. The maximum Gasteiger partial charge on any atom is 0.333 e. The minimum atomic E-state index is -0.238. The van der Waals surface area contributed by atoms with Crippen molar-refractivity contribution in [3.63, 3.8) is 0 Å². The molecule has 0 aromatic heterocycles. The average Bonchev–Trinajstić information content (AvgIpc) is 2.27. The summed E-state index contributed by atoms with van der Waals surface area (Å²) in [5.74, 6) is -0.238. The summed E-state index contributed by atoms with van der Waals surface area (Å²) >= 11 is 0. The van der Waals surface area contributed by atoms with E-state index < -0.39 is 0 Å². The number of carbonyl (C=O) groups is 1. The lowest BCUT2D eigenvalue weighted by atomic mass is 9.92. The van der Waals surface area contributed by atoms with Crippen molar-refractivity contribution in [3.05, 3.63) is 34.9 Å². The van der Waals surface area contributed by atoms with Crippen LogP contribution in [0.2, 0.25) is 0 Å². The van der Waals surface area contributed by atoms with E-state index >= 15 is 0 Å². The predicted octanol–water partition coefficient (Wildman–Crippen LogP) is 1.77. The monoisotopic (exact) mass is 203 g/mol. The maximum atomic E-state index is 11.3. The van der Waals surface area contributed by atoms with Crippen LogP contribution < -0.4 is 5.73 Å². The highest BCUT2D eigenvalue weighted by Crippen LogP contribution is 2.25. The van der Waals surface area contributed by atoms with Crippen molar-refractivity contribution in [2.24, 2.45) is 0 Å². The van der Waals surface area contributed by atoms with E-state index in [0.29, 0.717) is 0 Å². The van der Waals surface area contributed by atoms with Gasteiger partial charge in [0.25, 0.3) is 0 Å². The molecular formula is C12H13NO2. The highest BCUT2D eigenvalue weighted by atomic mass is 16.5. The van der Waals surface area contributed by atoms with Crippen LogP contribution in [0.1, 0.15) is 17.5 Å². The molecule has 0 atom stereocenters. The molecule has 0 amide bonds. The molecule has 1 aliphatic carbocycles. The third-order valence-corrected chi connectivity index (χ3v) is 2.61. The van der Waals surface area contributed by atoms with Crippen LogP contribution in [0, 0.1) is 0 Å². The summed E-state index contributed by atoms with van der Waals surface area (Å²) in [7, 11) is 1.40. The van der Waals surface area contributed by atoms with Gasteiger partial charge in [-0.2, -0.15) is 0 Å². The second-order valence-corrected chi connectivity index (χ2v) is 3.62. The van der Waals surface area contributed by atoms with Crippen LogP contribution in [-0.4, -0.2) is 13.1 Å². The highest BCUT2D eigenvalue weighted by Gasteiger charge is 2.16. The summed E-state index contributed by atoms with van der Waals surface area (Å²) in [5.41, 5.74) is 9.45. The van der Waals surface area contributed by atoms with Gasteiger partial charge in [0.05, 0.1) is 7.11 Å². The lowest BCUT2D eigenvalue weighted by Crippen LogP contribution is -2.09. The fourth-order valence-corrected chi connectivity index (χ4v) is 1.80. The van der Waals surface area contributed by atoms with Crippen molar-refractivity contribution in [3.8, 4) is 0 Å². The molecule has 0 saturated carbocycles. The summed E-state index contributed by atoms with van der Waals surface area (Å²) in [4.78, 5) is 11.3. The molecule has 2 rings (SSSR count). The molecule has 78 valence electrons. The Hall–Kier alpha value is -1.77. The molecule has 0 aliphatic heterocycles. The number of aryl methyl sites for hydroxylation is 1. The van der Waals surface area contributed by atoms with E-state index in [1.165, 1.54) is 12.7 Å². The van der Waals surface area contributed by atoms with Crippen LogP contribution in [0.4, 0.5) is 5.69 Å². The second kappa shape index (κ2) is 3.77. The van der Waals surface area contributed by atoms with Gasteiger partial charge < -0.3 is 10.5 Å². The number of rotatable bonds is 1. The number of nitrogens with two attached hydrogens (primary N) is 1. The van der Waals surface area contributed by atoms with Crippen molar-refractivity contribution in [1.82, 2.24) is 0 Å². The molecule has 1 aliphatic rings. The van der Waals surface area contributed by atoms with Crippen LogP contribution in [-0.2, 0) is 16.0 Å². The minimum Gasteiger partial charge on any atom is -0.466 e. The number of nitrogen functional groups attached to an aromatic ring is 1. The molecule has 0 bridgehead atoms. The van der Waals surface area contributed by atoms with Crippen LogP contribution in [0.3, 0.4) is 0 Å².